The lowest BCUT2D eigenvalue weighted by atomic mass is 9.96. The second-order valence-electron chi connectivity index (χ2n) is 16.4. The van der Waals surface area contributed by atoms with Gasteiger partial charge in [-0.1, -0.05) is 176 Å². The van der Waals surface area contributed by atoms with Crippen molar-refractivity contribution in [1.29, 1.82) is 0 Å². The largest absolute Gasteiger partial charge is 0.455 e. The third kappa shape index (κ3) is 5.53. The number of hydrogen-bond donors (Lipinski definition) is 0. The summed E-state index contributed by atoms with van der Waals surface area (Å²) in [6.07, 6.45) is 0. The first-order valence-corrected chi connectivity index (χ1v) is 21.6. The Kier molecular flexibility index (Phi) is 7.91. The van der Waals surface area contributed by atoms with Gasteiger partial charge in [0.1, 0.15) is 11.2 Å². The molecule has 2 aromatic heterocycles. The van der Waals surface area contributed by atoms with Crippen LogP contribution in [0.25, 0.3) is 104 Å². The lowest BCUT2D eigenvalue weighted by Gasteiger charge is -2.29. The van der Waals surface area contributed by atoms with Crippen molar-refractivity contribution in [2.24, 2.45) is 0 Å². The number of anilines is 3. The molecule has 3 heteroatoms. The van der Waals surface area contributed by atoms with Crippen molar-refractivity contribution in [2.75, 3.05) is 4.90 Å². The van der Waals surface area contributed by atoms with E-state index in [-0.39, 0.29) is 0 Å². The van der Waals surface area contributed by atoms with Crippen LogP contribution in [0.3, 0.4) is 0 Å². The number of benzene rings is 11. The summed E-state index contributed by atoms with van der Waals surface area (Å²) in [5.74, 6) is 0. The first-order valence-electron chi connectivity index (χ1n) is 21.6. The summed E-state index contributed by atoms with van der Waals surface area (Å²) in [4.78, 5) is 2.44. The predicted octanol–water partition coefficient (Wildman–Crippen LogP) is 16.9. The molecule has 11 aromatic carbocycles. The summed E-state index contributed by atoms with van der Waals surface area (Å²) >= 11 is 0. The molecule has 0 fully saturated rings. The minimum atomic E-state index is 0.887. The van der Waals surface area contributed by atoms with Crippen LogP contribution in [0.15, 0.2) is 235 Å². The molecule has 2 heterocycles. The quantitative estimate of drug-likeness (QED) is 0.156. The van der Waals surface area contributed by atoms with Gasteiger partial charge >= 0.3 is 0 Å². The van der Waals surface area contributed by atoms with E-state index in [1.54, 1.807) is 0 Å². The highest BCUT2D eigenvalue weighted by Gasteiger charge is 2.23. The van der Waals surface area contributed by atoms with Crippen LogP contribution in [0.5, 0.6) is 0 Å². The summed E-state index contributed by atoms with van der Waals surface area (Å²) in [7, 11) is 0. The number of aromatic nitrogens is 1. The van der Waals surface area contributed by atoms with Gasteiger partial charge < -0.3 is 13.9 Å². The normalized spacial score (nSPS) is 11.8. The third-order valence-electron chi connectivity index (χ3n) is 13.0. The van der Waals surface area contributed by atoms with Crippen molar-refractivity contribution in [3.8, 4) is 27.9 Å². The van der Waals surface area contributed by atoms with Crippen molar-refractivity contribution < 1.29 is 4.42 Å². The van der Waals surface area contributed by atoms with Crippen LogP contribution in [0.2, 0.25) is 0 Å². The minimum Gasteiger partial charge on any atom is -0.455 e. The molecule has 294 valence electrons. The summed E-state index contributed by atoms with van der Waals surface area (Å²) in [6, 6.07) is 83.5. The van der Waals surface area contributed by atoms with Crippen LogP contribution in [0.4, 0.5) is 17.1 Å². The molecule has 0 atom stereocenters. The van der Waals surface area contributed by atoms with Crippen LogP contribution in [0, 0.1) is 0 Å². The van der Waals surface area contributed by atoms with Crippen molar-refractivity contribution in [3.05, 3.63) is 231 Å². The van der Waals surface area contributed by atoms with Crippen LogP contribution < -0.4 is 4.90 Å². The number of para-hydroxylation sites is 4. The summed E-state index contributed by atoms with van der Waals surface area (Å²) in [5, 5.41) is 11.9. The first kappa shape index (κ1) is 35.4. The number of nitrogens with zero attached hydrogens (tertiary/aromatic N) is 2. The van der Waals surface area contributed by atoms with Gasteiger partial charge in [-0.2, -0.15) is 0 Å². The Labute approximate surface area is 363 Å². The van der Waals surface area contributed by atoms with Gasteiger partial charge in [-0.15, -0.1) is 0 Å². The standard InChI is InChI=1S/C60H38N2O/c1-4-20-46-40(15-1)33-36-54-53-27-14-26-52(60(53)63-59(46)54)51-25-9-12-30-57(51)61(58-38-42-16-2-3-19-45(42)47-21-5-6-22-48(47)58)43-34-31-39(32-35-43)41-17-13-18-44(37-41)62-55-28-10-7-23-49(55)50-24-8-11-29-56(50)62/h1-38H. The van der Waals surface area contributed by atoms with Crippen molar-refractivity contribution in [2.45, 2.75) is 0 Å². The maximum absolute atomic E-state index is 6.95. The zero-order valence-corrected chi connectivity index (χ0v) is 34.2. The van der Waals surface area contributed by atoms with E-state index in [1.165, 1.54) is 48.7 Å². The number of hydrogen-bond acceptors (Lipinski definition) is 2. The Hall–Kier alpha value is -8.40. The highest BCUT2D eigenvalue weighted by atomic mass is 16.3. The lowest BCUT2D eigenvalue weighted by molar-refractivity contribution is 0.674. The fourth-order valence-electron chi connectivity index (χ4n) is 10.1. The van der Waals surface area contributed by atoms with E-state index in [9.17, 15) is 0 Å². The number of rotatable bonds is 6. The number of fused-ring (bicyclic) bond motifs is 11. The highest BCUT2D eigenvalue weighted by Crippen LogP contribution is 2.48. The zero-order valence-electron chi connectivity index (χ0n) is 34.2. The molecule has 0 aliphatic carbocycles. The maximum atomic E-state index is 6.95. The van der Waals surface area contributed by atoms with Gasteiger partial charge in [-0.25, -0.2) is 0 Å². The van der Waals surface area contributed by atoms with E-state index in [4.69, 9.17) is 4.42 Å². The van der Waals surface area contributed by atoms with Crippen LogP contribution in [-0.4, -0.2) is 4.57 Å². The molecule has 3 nitrogen and oxygen atoms in total. The maximum Gasteiger partial charge on any atom is 0.143 e. The van der Waals surface area contributed by atoms with Gasteiger partial charge in [0.2, 0.25) is 0 Å². The topological polar surface area (TPSA) is 21.3 Å². The second kappa shape index (κ2) is 14.1. The fraction of sp³-hybridized carbons (Fsp3) is 0. The Bertz CT molecular complexity index is 3870. The molecular formula is C60H38N2O. The van der Waals surface area contributed by atoms with Crippen molar-refractivity contribution in [3.63, 3.8) is 0 Å². The van der Waals surface area contributed by atoms with Crippen LogP contribution >= 0.6 is 0 Å². The van der Waals surface area contributed by atoms with Gasteiger partial charge in [-0.3, -0.25) is 0 Å². The van der Waals surface area contributed by atoms with E-state index in [2.05, 4.69) is 240 Å². The molecular weight excluding hydrogens is 765 g/mol. The van der Waals surface area contributed by atoms with E-state index >= 15 is 0 Å². The molecule has 0 amide bonds. The Morgan fingerprint density at radius 1 is 0.317 bits per heavy atom. The fourth-order valence-corrected chi connectivity index (χ4v) is 10.1. The SMILES string of the molecule is c1cc(-c2ccc(N(c3ccccc3-c3cccc4c3oc3c5ccccc5ccc43)c3cc4ccccc4c4ccccc34)cc2)cc(-n2c3ccccc3c3ccccc32)c1. The molecule has 0 saturated carbocycles. The second-order valence-corrected chi connectivity index (χ2v) is 16.4. The molecule has 0 bridgehead atoms. The van der Waals surface area contributed by atoms with Gasteiger partial charge in [0.25, 0.3) is 0 Å². The van der Waals surface area contributed by atoms with Gasteiger partial charge in [0.05, 0.1) is 22.4 Å². The lowest BCUT2D eigenvalue weighted by Crippen LogP contribution is -2.12. The van der Waals surface area contributed by atoms with Crippen molar-refractivity contribution >= 4 is 93.1 Å². The van der Waals surface area contributed by atoms with E-state index in [0.717, 1.165) is 72.3 Å². The molecule has 63 heavy (non-hydrogen) atoms. The number of furan rings is 1. The first-order chi connectivity index (χ1) is 31.3. The highest BCUT2D eigenvalue weighted by molar-refractivity contribution is 6.19. The Morgan fingerprint density at radius 2 is 0.905 bits per heavy atom. The van der Waals surface area contributed by atoms with Crippen LogP contribution in [0.1, 0.15) is 0 Å². The zero-order chi connectivity index (χ0) is 41.4. The molecule has 0 spiro atoms. The molecule has 0 unspecified atom stereocenters. The molecule has 0 saturated heterocycles. The monoisotopic (exact) mass is 802 g/mol. The summed E-state index contributed by atoms with van der Waals surface area (Å²) in [6.45, 7) is 0. The van der Waals surface area contributed by atoms with E-state index < -0.39 is 0 Å². The molecule has 13 rings (SSSR count). The molecule has 0 aliphatic heterocycles. The molecule has 13 aromatic rings. The molecule has 0 N–H and O–H groups in total. The van der Waals surface area contributed by atoms with Crippen LogP contribution in [-0.2, 0) is 0 Å². The predicted molar refractivity (Wildman–Crippen MR) is 266 cm³/mol. The summed E-state index contributed by atoms with van der Waals surface area (Å²) in [5.41, 5.74) is 13.0. The average molecular weight is 803 g/mol. The smallest absolute Gasteiger partial charge is 0.143 e. The Balaban J connectivity index is 1.00. The van der Waals surface area contributed by atoms with Gasteiger partial charge in [-0.05, 0) is 87.3 Å². The Morgan fingerprint density at radius 3 is 1.70 bits per heavy atom. The third-order valence-corrected chi connectivity index (χ3v) is 13.0. The molecule has 0 radical (unpaired) electrons. The van der Waals surface area contributed by atoms with E-state index in [0.29, 0.717) is 0 Å². The van der Waals surface area contributed by atoms with Gasteiger partial charge in [0, 0.05) is 54.8 Å². The minimum absolute atomic E-state index is 0.887. The van der Waals surface area contributed by atoms with Gasteiger partial charge in [0.15, 0.2) is 0 Å². The summed E-state index contributed by atoms with van der Waals surface area (Å²) < 4.78 is 9.34. The average Bonchev–Trinajstić information content (AvgIpc) is 3.91. The van der Waals surface area contributed by atoms with Crippen molar-refractivity contribution in [1.82, 2.24) is 4.57 Å². The molecule has 0 aliphatic rings. The van der Waals surface area contributed by atoms with E-state index in [1.807, 2.05) is 0 Å².